The number of carbonyl (C=O) groups is 1. The Balaban J connectivity index is 1.96. The van der Waals surface area contributed by atoms with Gasteiger partial charge in [-0.05, 0) is 43.7 Å². The van der Waals surface area contributed by atoms with Crippen molar-refractivity contribution in [1.29, 1.82) is 0 Å². The number of hydrogen-bond donors (Lipinski definition) is 2. The van der Waals surface area contributed by atoms with E-state index in [0.717, 1.165) is 12.8 Å². The molecule has 1 saturated carbocycles. The van der Waals surface area contributed by atoms with Gasteiger partial charge in [0.15, 0.2) is 0 Å². The molecule has 1 heterocycles. The molecule has 3 nitrogen and oxygen atoms in total. The summed E-state index contributed by atoms with van der Waals surface area (Å²) in [5.41, 5.74) is 0.815. The van der Waals surface area contributed by atoms with Gasteiger partial charge in [-0.2, -0.15) is 0 Å². The second-order valence-electron chi connectivity index (χ2n) is 5.48. The summed E-state index contributed by atoms with van der Waals surface area (Å²) in [4.78, 5) is 13.5. The summed E-state index contributed by atoms with van der Waals surface area (Å²) in [6, 6.07) is 2.11. The smallest absolute Gasteiger partial charge is 0.224 e. The van der Waals surface area contributed by atoms with Crippen LogP contribution in [0, 0.1) is 12.8 Å². The first-order chi connectivity index (χ1) is 8.50. The number of carbonyl (C=O) groups excluding carboxylic acids is 1. The molecule has 2 rings (SSSR count). The predicted octanol–water partition coefficient (Wildman–Crippen LogP) is 2.44. The first-order valence-corrected chi connectivity index (χ1v) is 7.35. The van der Waals surface area contributed by atoms with Crippen LogP contribution < -0.4 is 5.32 Å². The maximum absolute atomic E-state index is 12.1. The molecular weight excluding hydrogens is 246 g/mol. The minimum atomic E-state index is -0.477. The summed E-state index contributed by atoms with van der Waals surface area (Å²) >= 11 is 1.74. The van der Waals surface area contributed by atoms with Gasteiger partial charge in [0.05, 0.1) is 12.1 Å². The van der Waals surface area contributed by atoms with Gasteiger partial charge in [-0.3, -0.25) is 4.79 Å². The average Bonchev–Trinajstić information content (AvgIpc) is 3.05. The fourth-order valence-electron chi connectivity index (χ4n) is 2.17. The minimum absolute atomic E-state index is 0.00927. The standard InChI is InChI=1S/C14H21NO2S/c1-4-14(3,8-16)15-13(17)11-7-10(11)12-9(2)5-6-18-12/h5-6,10-11,16H,4,7-8H2,1-3H3,(H,15,17)/t10-,11+,14-/m1/s1. The number of aliphatic hydroxyl groups excluding tert-OH is 1. The maximum Gasteiger partial charge on any atom is 0.224 e. The molecule has 1 aliphatic rings. The molecule has 1 aromatic heterocycles. The molecule has 3 atom stereocenters. The van der Waals surface area contributed by atoms with E-state index in [0.29, 0.717) is 5.92 Å². The summed E-state index contributed by atoms with van der Waals surface area (Å²) in [6.07, 6.45) is 1.68. The van der Waals surface area contributed by atoms with Crippen molar-refractivity contribution in [3.63, 3.8) is 0 Å². The summed E-state index contributed by atoms with van der Waals surface area (Å²) in [7, 11) is 0. The number of thiophene rings is 1. The van der Waals surface area contributed by atoms with Gasteiger partial charge < -0.3 is 10.4 Å². The van der Waals surface area contributed by atoms with Crippen molar-refractivity contribution < 1.29 is 9.90 Å². The van der Waals surface area contributed by atoms with Crippen molar-refractivity contribution in [2.24, 2.45) is 5.92 Å². The number of aryl methyl sites for hydroxylation is 1. The molecule has 1 aliphatic carbocycles. The normalized spacial score (nSPS) is 25.6. The lowest BCUT2D eigenvalue weighted by atomic mass is 10.00. The van der Waals surface area contributed by atoms with Crippen LogP contribution >= 0.6 is 11.3 Å². The van der Waals surface area contributed by atoms with E-state index < -0.39 is 5.54 Å². The molecule has 0 saturated heterocycles. The predicted molar refractivity (Wildman–Crippen MR) is 73.8 cm³/mol. The molecule has 100 valence electrons. The first kappa shape index (κ1) is 13.6. The second-order valence-corrected chi connectivity index (χ2v) is 6.43. The Morgan fingerprint density at radius 1 is 1.67 bits per heavy atom. The van der Waals surface area contributed by atoms with Gasteiger partial charge >= 0.3 is 0 Å². The van der Waals surface area contributed by atoms with E-state index >= 15 is 0 Å². The molecule has 0 spiro atoms. The molecule has 2 N–H and O–H groups in total. The summed E-state index contributed by atoms with van der Waals surface area (Å²) < 4.78 is 0. The van der Waals surface area contributed by atoms with Crippen molar-refractivity contribution in [3.05, 3.63) is 21.9 Å². The molecule has 0 aliphatic heterocycles. The van der Waals surface area contributed by atoms with Crippen LogP contribution in [0.15, 0.2) is 11.4 Å². The lowest BCUT2D eigenvalue weighted by Gasteiger charge is -2.27. The largest absolute Gasteiger partial charge is 0.394 e. The van der Waals surface area contributed by atoms with Crippen molar-refractivity contribution in [3.8, 4) is 0 Å². The van der Waals surface area contributed by atoms with Gasteiger partial charge in [-0.15, -0.1) is 11.3 Å². The molecule has 0 aromatic carbocycles. The van der Waals surface area contributed by atoms with Crippen molar-refractivity contribution in [2.75, 3.05) is 6.61 Å². The Bertz CT molecular complexity index is 437. The molecule has 1 amide bonds. The Labute approximate surface area is 112 Å². The van der Waals surface area contributed by atoms with E-state index in [9.17, 15) is 9.90 Å². The molecular formula is C14H21NO2S. The van der Waals surface area contributed by atoms with Gasteiger partial charge in [0.25, 0.3) is 0 Å². The number of aliphatic hydroxyl groups is 1. The lowest BCUT2D eigenvalue weighted by Crippen LogP contribution is -2.49. The molecule has 0 unspecified atom stereocenters. The third-order valence-corrected chi connectivity index (χ3v) is 5.07. The van der Waals surface area contributed by atoms with E-state index in [1.54, 1.807) is 11.3 Å². The van der Waals surface area contributed by atoms with Gasteiger partial charge in [-0.25, -0.2) is 0 Å². The number of rotatable bonds is 5. The van der Waals surface area contributed by atoms with Crippen LogP contribution in [0.3, 0.4) is 0 Å². The van der Waals surface area contributed by atoms with Crippen LogP contribution in [0.4, 0.5) is 0 Å². The monoisotopic (exact) mass is 267 g/mol. The van der Waals surface area contributed by atoms with E-state index in [4.69, 9.17) is 0 Å². The molecule has 0 radical (unpaired) electrons. The quantitative estimate of drug-likeness (QED) is 0.861. The van der Waals surface area contributed by atoms with Crippen molar-refractivity contribution in [1.82, 2.24) is 5.32 Å². The summed E-state index contributed by atoms with van der Waals surface area (Å²) in [5.74, 6) is 0.579. The summed E-state index contributed by atoms with van der Waals surface area (Å²) in [5, 5.41) is 14.4. The molecule has 1 fully saturated rings. The van der Waals surface area contributed by atoms with E-state index in [1.165, 1.54) is 10.4 Å². The number of nitrogens with one attached hydrogen (secondary N) is 1. The first-order valence-electron chi connectivity index (χ1n) is 6.47. The average molecular weight is 267 g/mol. The lowest BCUT2D eigenvalue weighted by molar-refractivity contribution is -0.124. The van der Waals surface area contributed by atoms with E-state index in [1.807, 2.05) is 13.8 Å². The molecule has 4 heteroatoms. The van der Waals surface area contributed by atoms with E-state index in [2.05, 4.69) is 23.7 Å². The van der Waals surface area contributed by atoms with Gasteiger partial charge in [0.1, 0.15) is 0 Å². The number of hydrogen-bond acceptors (Lipinski definition) is 3. The van der Waals surface area contributed by atoms with Crippen LogP contribution in [0.25, 0.3) is 0 Å². The fourth-order valence-corrected chi connectivity index (χ4v) is 3.28. The zero-order valence-electron chi connectivity index (χ0n) is 11.2. The fraction of sp³-hybridized carbons (Fsp3) is 0.643. The van der Waals surface area contributed by atoms with Gasteiger partial charge in [0.2, 0.25) is 5.91 Å². The molecule has 0 bridgehead atoms. The van der Waals surface area contributed by atoms with Crippen LogP contribution in [0.2, 0.25) is 0 Å². The highest BCUT2D eigenvalue weighted by Gasteiger charge is 2.46. The Hall–Kier alpha value is -0.870. The Morgan fingerprint density at radius 3 is 2.89 bits per heavy atom. The van der Waals surface area contributed by atoms with Gasteiger partial charge in [0, 0.05) is 16.7 Å². The van der Waals surface area contributed by atoms with Crippen LogP contribution in [0.1, 0.15) is 43.0 Å². The Morgan fingerprint density at radius 2 is 2.39 bits per heavy atom. The SMILES string of the molecule is CC[C@](C)(CO)NC(=O)[C@H]1C[C@H]1c1sccc1C. The minimum Gasteiger partial charge on any atom is -0.394 e. The van der Waals surface area contributed by atoms with Crippen LogP contribution in [0.5, 0.6) is 0 Å². The highest BCUT2D eigenvalue weighted by Crippen LogP contribution is 2.50. The molecule has 18 heavy (non-hydrogen) atoms. The zero-order chi connectivity index (χ0) is 13.3. The second kappa shape index (κ2) is 5.02. The van der Waals surface area contributed by atoms with E-state index in [-0.39, 0.29) is 18.4 Å². The highest BCUT2D eigenvalue weighted by molar-refractivity contribution is 7.10. The Kier molecular flexibility index (Phi) is 3.78. The van der Waals surface area contributed by atoms with Crippen molar-refractivity contribution in [2.45, 2.75) is 45.1 Å². The van der Waals surface area contributed by atoms with Crippen molar-refractivity contribution >= 4 is 17.2 Å². The number of amides is 1. The van der Waals surface area contributed by atoms with Crippen LogP contribution in [-0.4, -0.2) is 23.2 Å². The van der Waals surface area contributed by atoms with Gasteiger partial charge in [-0.1, -0.05) is 6.92 Å². The summed E-state index contributed by atoms with van der Waals surface area (Å²) in [6.45, 7) is 5.95. The van der Waals surface area contributed by atoms with Crippen LogP contribution in [-0.2, 0) is 4.79 Å². The third-order valence-electron chi connectivity index (χ3n) is 3.92. The highest BCUT2D eigenvalue weighted by atomic mass is 32.1. The topological polar surface area (TPSA) is 49.3 Å². The zero-order valence-corrected chi connectivity index (χ0v) is 12.0. The maximum atomic E-state index is 12.1. The molecule has 1 aromatic rings. The third kappa shape index (κ3) is 2.59.